The number of halogens is 1. The van der Waals surface area contributed by atoms with Crippen LogP contribution >= 0.6 is 7.60 Å². The molecule has 3 N–H and O–H groups in total. The number of benzene rings is 2. The molecule has 3 aromatic rings. The van der Waals surface area contributed by atoms with Crippen molar-refractivity contribution in [2.75, 3.05) is 11.5 Å². The number of nitrogens with one attached hydrogen (secondary N) is 1. The average Bonchev–Trinajstić information content (AvgIpc) is 3.06. The molecule has 0 radical (unpaired) electrons. The van der Waals surface area contributed by atoms with Gasteiger partial charge in [0.25, 0.3) is 0 Å². The first-order valence-electron chi connectivity index (χ1n) is 9.12. The van der Waals surface area contributed by atoms with Gasteiger partial charge < -0.3 is 15.1 Å². The summed E-state index contributed by atoms with van der Waals surface area (Å²) in [6.45, 7) is 0. The molecule has 30 heavy (non-hydrogen) atoms. The third kappa shape index (κ3) is 5.97. The van der Waals surface area contributed by atoms with E-state index in [9.17, 15) is 13.8 Å². The highest BCUT2D eigenvalue weighted by atomic mass is 31.2. The molecule has 7 nitrogen and oxygen atoms in total. The van der Waals surface area contributed by atoms with E-state index in [0.29, 0.717) is 11.3 Å². The van der Waals surface area contributed by atoms with Crippen molar-refractivity contribution in [2.24, 2.45) is 7.05 Å². The summed E-state index contributed by atoms with van der Waals surface area (Å²) in [6, 6.07) is 12.8. The minimum atomic E-state index is -4.04. The van der Waals surface area contributed by atoms with Crippen LogP contribution in [0.15, 0.2) is 60.8 Å². The van der Waals surface area contributed by atoms with Crippen molar-refractivity contribution in [3.05, 3.63) is 77.7 Å². The molecule has 0 saturated carbocycles. The van der Waals surface area contributed by atoms with Crippen LogP contribution in [0.2, 0.25) is 0 Å². The van der Waals surface area contributed by atoms with Crippen molar-refractivity contribution in [2.45, 2.75) is 6.42 Å². The first kappa shape index (κ1) is 21.6. The lowest BCUT2D eigenvalue weighted by Crippen LogP contribution is -2.07. The van der Waals surface area contributed by atoms with E-state index >= 15 is 0 Å². The summed E-state index contributed by atoms with van der Waals surface area (Å²) in [5, 5.41) is 6.94. The van der Waals surface area contributed by atoms with Crippen LogP contribution in [-0.4, -0.2) is 31.6 Å². The summed E-state index contributed by atoms with van der Waals surface area (Å²) in [5.74, 6) is -0.669. The quantitative estimate of drug-likeness (QED) is 0.393. The van der Waals surface area contributed by atoms with Gasteiger partial charge in [-0.05, 0) is 54.5 Å². The molecule has 156 valence electrons. The van der Waals surface area contributed by atoms with E-state index < -0.39 is 7.60 Å². The lowest BCUT2D eigenvalue weighted by atomic mass is 10.1. The molecule has 1 aromatic heterocycles. The third-order valence-electron chi connectivity index (χ3n) is 4.41. The lowest BCUT2D eigenvalue weighted by Gasteiger charge is -2.06. The predicted molar refractivity (Wildman–Crippen MR) is 113 cm³/mol. The van der Waals surface area contributed by atoms with Gasteiger partial charge in [-0.25, -0.2) is 4.39 Å². The fraction of sp³-hybridized carbons (Fsp3) is 0.143. The molecule has 0 aliphatic heterocycles. The monoisotopic (exact) mass is 429 g/mol. The summed E-state index contributed by atoms with van der Waals surface area (Å²) in [4.78, 5) is 30.1. The van der Waals surface area contributed by atoms with Crippen LogP contribution in [0.25, 0.3) is 17.3 Å². The van der Waals surface area contributed by atoms with Gasteiger partial charge in [-0.2, -0.15) is 5.10 Å². The van der Waals surface area contributed by atoms with E-state index in [0.717, 1.165) is 16.8 Å². The summed E-state index contributed by atoms with van der Waals surface area (Å²) in [5.41, 5.74) is 3.59. The van der Waals surface area contributed by atoms with Crippen molar-refractivity contribution in [3.8, 4) is 11.3 Å². The van der Waals surface area contributed by atoms with E-state index in [4.69, 9.17) is 9.79 Å². The van der Waals surface area contributed by atoms with E-state index in [1.807, 2.05) is 0 Å². The predicted octanol–water partition coefficient (Wildman–Crippen LogP) is 3.60. The molecule has 9 heteroatoms. The summed E-state index contributed by atoms with van der Waals surface area (Å²) in [7, 11) is -2.27. The Balaban J connectivity index is 1.66. The minimum absolute atomic E-state index is 0.219. The molecular weight excluding hydrogens is 408 g/mol. The number of amides is 1. The SMILES string of the molecule is Cn1ncc(C=CC(=O)Nc2ccc(CCP(=O)(O)O)cc2)c1-c1ccc(F)cc1. The smallest absolute Gasteiger partial charge is 0.324 e. The van der Waals surface area contributed by atoms with Crippen molar-refractivity contribution >= 4 is 25.3 Å². The molecule has 0 bridgehead atoms. The maximum Gasteiger partial charge on any atom is 0.325 e. The third-order valence-corrected chi connectivity index (χ3v) is 5.22. The molecule has 0 aliphatic carbocycles. The first-order valence-corrected chi connectivity index (χ1v) is 10.9. The average molecular weight is 429 g/mol. The number of nitrogens with zero attached hydrogens (tertiary/aromatic N) is 2. The number of hydrogen-bond acceptors (Lipinski definition) is 3. The van der Waals surface area contributed by atoms with Gasteiger partial charge in [-0.15, -0.1) is 0 Å². The zero-order valence-electron chi connectivity index (χ0n) is 16.2. The number of carbonyl (C=O) groups excluding carboxylic acids is 1. The van der Waals surface area contributed by atoms with E-state index in [2.05, 4.69) is 10.4 Å². The van der Waals surface area contributed by atoms with E-state index in [-0.39, 0.29) is 24.3 Å². The van der Waals surface area contributed by atoms with Gasteiger partial charge in [-0.1, -0.05) is 12.1 Å². The second-order valence-electron chi connectivity index (χ2n) is 6.74. The summed E-state index contributed by atoms with van der Waals surface area (Å²) in [6.07, 6.45) is 4.67. The molecule has 1 amide bonds. The largest absolute Gasteiger partial charge is 0.325 e. The number of rotatable bonds is 7. The van der Waals surface area contributed by atoms with Crippen LogP contribution in [0.5, 0.6) is 0 Å². The van der Waals surface area contributed by atoms with Crippen LogP contribution in [0, 0.1) is 5.82 Å². The Morgan fingerprint density at radius 3 is 2.47 bits per heavy atom. The van der Waals surface area contributed by atoms with Crippen molar-refractivity contribution in [1.82, 2.24) is 9.78 Å². The highest BCUT2D eigenvalue weighted by Gasteiger charge is 2.12. The second-order valence-corrected chi connectivity index (χ2v) is 8.51. The molecular formula is C21H21FN3O4P. The Morgan fingerprint density at radius 1 is 1.17 bits per heavy atom. The standard InChI is InChI=1S/C21H21FN3O4P/c1-25-21(16-4-7-18(22)8-5-16)17(14-23-25)6-11-20(26)24-19-9-2-15(3-10-19)12-13-30(27,28)29/h2-11,14H,12-13H2,1H3,(H,24,26)(H2,27,28,29). The van der Waals surface area contributed by atoms with Crippen molar-refractivity contribution in [1.29, 1.82) is 0 Å². The maximum atomic E-state index is 13.2. The van der Waals surface area contributed by atoms with Gasteiger partial charge in [0.1, 0.15) is 5.82 Å². The first-order chi connectivity index (χ1) is 14.2. The minimum Gasteiger partial charge on any atom is -0.324 e. The highest BCUT2D eigenvalue weighted by Crippen LogP contribution is 2.34. The summed E-state index contributed by atoms with van der Waals surface area (Å²) < 4.78 is 25.8. The Bertz CT molecular complexity index is 1100. The van der Waals surface area contributed by atoms with Crippen LogP contribution in [-0.2, 0) is 22.8 Å². The molecule has 1 heterocycles. The molecule has 0 atom stereocenters. The Hall–Kier alpha value is -3.06. The fourth-order valence-corrected chi connectivity index (χ4v) is 3.47. The lowest BCUT2D eigenvalue weighted by molar-refractivity contribution is -0.111. The molecule has 0 fully saturated rings. The molecule has 0 aliphatic rings. The van der Waals surface area contributed by atoms with Gasteiger partial charge in [0.2, 0.25) is 5.91 Å². The number of hydrogen-bond donors (Lipinski definition) is 3. The number of aromatic nitrogens is 2. The highest BCUT2D eigenvalue weighted by molar-refractivity contribution is 7.51. The molecule has 0 spiro atoms. The Morgan fingerprint density at radius 2 is 1.83 bits per heavy atom. The fourth-order valence-electron chi connectivity index (χ4n) is 2.92. The van der Waals surface area contributed by atoms with Crippen molar-refractivity contribution in [3.63, 3.8) is 0 Å². The van der Waals surface area contributed by atoms with Crippen LogP contribution < -0.4 is 5.32 Å². The van der Waals surface area contributed by atoms with Gasteiger partial charge in [-0.3, -0.25) is 14.0 Å². The maximum absolute atomic E-state index is 13.2. The van der Waals surface area contributed by atoms with Gasteiger partial charge in [0.15, 0.2) is 0 Å². The van der Waals surface area contributed by atoms with Crippen LogP contribution in [0.1, 0.15) is 11.1 Å². The van der Waals surface area contributed by atoms with E-state index in [1.165, 1.54) is 18.2 Å². The number of anilines is 1. The van der Waals surface area contributed by atoms with Crippen LogP contribution in [0.4, 0.5) is 10.1 Å². The van der Waals surface area contributed by atoms with Gasteiger partial charge in [0.05, 0.1) is 18.1 Å². The Kier molecular flexibility index (Phi) is 6.62. The number of aryl methyl sites for hydroxylation is 2. The molecule has 3 rings (SSSR count). The van der Waals surface area contributed by atoms with Crippen LogP contribution in [0.3, 0.4) is 0 Å². The molecule has 0 saturated heterocycles. The Labute approximate surface area is 173 Å². The summed E-state index contributed by atoms with van der Waals surface area (Å²) >= 11 is 0. The zero-order valence-corrected chi connectivity index (χ0v) is 17.1. The molecule has 2 aromatic carbocycles. The van der Waals surface area contributed by atoms with Gasteiger partial charge in [0, 0.05) is 29.9 Å². The molecule has 0 unspecified atom stereocenters. The van der Waals surface area contributed by atoms with Gasteiger partial charge >= 0.3 is 7.60 Å². The zero-order chi connectivity index (χ0) is 21.7. The normalized spacial score (nSPS) is 11.7. The van der Waals surface area contributed by atoms with Crippen molar-refractivity contribution < 1.29 is 23.5 Å². The van der Waals surface area contributed by atoms with E-state index in [1.54, 1.807) is 60.4 Å². The second kappa shape index (κ2) is 9.17. The number of carbonyl (C=O) groups is 1. The topological polar surface area (TPSA) is 104 Å².